The molecule has 0 aromatic carbocycles. The van der Waals surface area contributed by atoms with Crippen molar-refractivity contribution in [1.82, 2.24) is 10.2 Å². The van der Waals surface area contributed by atoms with Crippen LogP contribution in [-0.2, 0) is 14.4 Å². The fraction of sp³-hybridized carbons (Fsp3) is 0.750. The maximum Gasteiger partial charge on any atom is 0.406 e. The van der Waals surface area contributed by atoms with Crippen molar-refractivity contribution in [2.45, 2.75) is 25.9 Å². The molecular formula is C12H17F3N2O4. The molecule has 0 saturated carbocycles. The van der Waals surface area contributed by atoms with Gasteiger partial charge in [0, 0.05) is 25.9 Å². The molecule has 0 radical (unpaired) electrons. The first kappa shape index (κ1) is 17.3. The van der Waals surface area contributed by atoms with E-state index in [1.807, 2.05) is 0 Å². The molecule has 1 heterocycles. The lowest BCUT2D eigenvalue weighted by Crippen LogP contribution is -2.38. The van der Waals surface area contributed by atoms with E-state index in [1.54, 1.807) is 6.92 Å². The highest BCUT2D eigenvalue weighted by molar-refractivity contribution is 5.89. The number of aliphatic carboxylic acids is 1. The molecule has 1 aliphatic heterocycles. The molecule has 2 atom stereocenters. The van der Waals surface area contributed by atoms with Gasteiger partial charge in [-0.05, 0) is 5.92 Å². The average Bonchev–Trinajstić information content (AvgIpc) is 2.65. The summed E-state index contributed by atoms with van der Waals surface area (Å²) >= 11 is 0. The first-order valence-electron chi connectivity index (χ1n) is 6.42. The van der Waals surface area contributed by atoms with Crippen molar-refractivity contribution < 1.29 is 32.7 Å². The maximum absolute atomic E-state index is 12.2. The first-order valence-corrected chi connectivity index (χ1v) is 6.42. The van der Waals surface area contributed by atoms with Crippen molar-refractivity contribution in [3.8, 4) is 0 Å². The molecule has 120 valence electrons. The largest absolute Gasteiger partial charge is 0.481 e. The molecule has 21 heavy (non-hydrogen) atoms. The van der Waals surface area contributed by atoms with E-state index in [2.05, 4.69) is 5.32 Å². The van der Waals surface area contributed by atoms with Crippen molar-refractivity contribution in [2.24, 2.45) is 11.8 Å². The molecule has 6 nitrogen and oxygen atoms in total. The van der Waals surface area contributed by atoms with Crippen molar-refractivity contribution >= 4 is 17.8 Å². The van der Waals surface area contributed by atoms with Crippen LogP contribution in [0.15, 0.2) is 0 Å². The minimum Gasteiger partial charge on any atom is -0.481 e. The lowest BCUT2D eigenvalue weighted by atomic mass is 10.1. The van der Waals surface area contributed by atoms with Crippen LogP contribution in [0.3, 0.4) is 0 Å². The second kappa shape index (κ2) is 6.77. The van der Waals surface area contributed by atoms with Crippen molar-refractivity contribution in [3.05, 3.63) is 0 Å². The topological polar surface area (TPSA) is 86.7 Å². The number of hydrogen-bond donors (Lipinski definition) is 2. The number of amides is 2. The minimum atomic E-state index is -4.49. The predicted molar refractivity (Wildman–Crippen MR) is 65.2 cm³/mol. The van der Waals surface area contributed by atoms with Gasteiger partial charge in [0.25, 0.3) is 0 Å². The van der Waals surface area contributed by atoms with Crippen LogP contribution in [0.5, 0.6) is 0 Å². The van der Waals surface area contributed by atoms with E-state index in [0.717, 1.165) is 0 Å². The van der Waals surface area contributed by atoms with Crippen molar-refractivity contribution in [3.63, 3.8) is 0 Å². The maximum atomic E-state index is 12.2. The van der Waals surface area contributed by atoms with E-state index in [9.17, 15) is 27.6 Å². The molecule has 0 aromatic heterocycles. The van der Waals surface area contributed by atoms with E-state index in [-0.39, 0.29) is 31.8 Å². The van der Waals surface area contributed by atoms with Gasteiger partial charge in [0.15, 0.2) is 0 Å². The van der Waals surface area contributed by atoms with Gasteiger partial charge >= 0.3 is 12.1 Å². The zero-order valence-electron chi connectivity index (χ0n) is 11.4. The summed E-state index contributed by atoms with van der Waals surface area (Å²) in [6.07, 6.45) is -4.86. The number of carboxylic acid groups (broad SMARTS) is 1. The average molecular weight is 310 g/mol. The Labute approximate surface area is 119 Å². The van der Waals surface area contributed by atoms with E-state index < -0.39 is 36.4 Å². The van der Waals surface area contributed by atoms with Gasteiger partial charge in [0.2, 0.25) is 11.8 Å². The van der Waals surface area contributed by atoms with E-state index >= 15 is 0 Å². The Morgan fingerprint density at radius 2 is 2.10 bits per heavy atom. The number of likely N-dealkylation sites (tertiary alicyclic amines) is 1. The number of rotatable bonds is 6. The smallest absolute Gasteiger partial charge is 0.406 e. The third kappa shape index (κ3) is 6.01. The lowest BCUT2D eigenvalue weighted by molar-refractivity contribution is -0.157. The number of carbonyl (C=O) groups is 3. The Morgan fingerprint density at radius 3 is 2.62 bits per heavy atom. The van der Waals surface area contributed by atoms with Crippen LogP contribution in [0.25, 0.3) is 0 Å². The number of alkyl halides is 3. The first-order chi connectivity index (χ1) is 9.58. The molecule has 2 unspecified atom stereocenters. The highest BCUT2D eigenvalue weighted by atomic mass is 19.4. The molecule has 0 spiro atoms. The number of nitrogens with one attached hydrogen (secondary N) is 1. The van der Waals surface area contributed by atoms with Gasteiger partial charge in [-0.25, -0.2) is 0 Å². The summed E-state index contributed by atoms with van der Waals surface area (Å²) in [4.78, 5) is 34.3. The van der Waals surface area contributed by atoms with E-state index in [1.165, 1.54) is 0 Å². The molecule has 2 N–H and O–H groups in total. The highest BCUT2D eigenvalue weighted by Crippen LogP contribution is 2.23. The van der Waals surface area contributed by atoms with Gasteiger partial charge in [-0.15, -0.1) is 0 Å². The molecular weight excluding hydrogens is 293 g/mol. The monoisotopic (exact) mass is 310 g/mol. The van der Waals surface area contributed by atoms with Crippen molar-refractivity contribution in [2.75, 3.05) is 19.6 Å². The number of carbonyl (C=O) groups excluding carboxylic acids is 2. The van der Waals surface area contributed by atoms with Crippen LogP contribution >= 0.6 is 0 Å². The Bertz CT molecular complexity index is 425. The molecule has 1 aliphatic rings. The Kier molecular flexibility index (Phi) is 5.56. The van der Waals surface area contributed by atoms with Gasteiger partial charge in [0.05, 0.1) is 5.92 Å². The number of nitrogens with zero attached hydrogens (tertiary/aromatic N) is 1. The molecule has 2 amide bonds. The highest BCUT2D eigenvalue weighted by Gasteiger charge is 2.40. The van der Waals surface area contributed by atoms with Gasteiger partial charge in [-0.2, -0.15) is 13.2 Å². The van der Waals surface area contributed by atoms with Crippen LogP contribution in [-0.4, -0.2) is 53.6 Å². The van der Waals surface area contributed by atoms with Gasteiger partial charge in [-0.1, -0.05) is 6.92 Å². The van der Waals surface area contributed by atoms with E-state index in [4.69, 9.17) is 5.11 Å². The Hall–Kier alpha value is -1.80. The molecule has 9 heteroatoms. The Morgan fingerprint density at radius 1 is 1.48 bits per heavy atom. The fourth-order valence-electron chi connectivity index (χ4n) is 2.11. The molecule has 0 bridgehead atoms. The van der Waals surface area contributed by atoms with Gasteiger partial charge < -0.3 is 15.3 Å². The fourth-order valence-corrected chi connectivity index (χ4v) is 2.11. The SMILES string of the molecule is CC(CNC(=O)C1CC(=O)N(CC(F)(F)F)C1)CC(=O)O. The third-order valence-corrected chi connectivity index (χ3v) is 3.10. The second-order valence-electron chi connectivity index (χ2n) is 5.24. The molecule has 1 saturated heterocycles. The summed E-state index contributed by atoms with van der Waals surface area (Å²) in [5, 5.41) is 11.0. The Balaban J connectivity index is 2.43. The zero-order chi connectivity index (χ0) is 16.2. The number of hydrogen-bond acceptors (Lipinski definition) is 3. The van der Waals surface area contributed by atoms with Crippen molar-refractivity contribution in [1.29, 1.82) is 0 Å². The van der Waals surface area contributed by atoms with Crippen LogP contribution in [0, 0.1) is 11.8 Å². The van der Waals surface area contributed by atoms with Gasteiger partial charge in [-0.3, -0.25) is 14.4 Å². The lowest BCUT2D eigenvalue weighted by Gasteiger charge is -2.18. The summed E-state index contributed by atoms with van der Waals surface area (Å²) in [5.41, 5.74) is 0. The van der Waals surface area contributed by atoms with Gasteiger partial charge in [0.1, 0.15) is 6.54 Å². The second-order valence-corrected chi connectivity index (χ2v) is 5.24. The third-order valence-electron chi connectivity index (χ3n) is 3.10. The standard InChI is InChI=1S/C12H17F3N2O4/c1-7(2-10(19)20)4-16-11(21)8-3-9(18)17(5-8)6-12(13,14)15/h7-8H,2-6H2,1H3,(H,16,21)(H,19,20). The summed E-state index contributed by atoms with van der Waals surface area (Å²) in [6.45, 7) is 0.113. The normalized spacial score (nSPS) is 20.5. The summed E-state index contributed by atoms with van der Waals surface area (Å²) in [5.74, 6) is -3.34. The summed E-state index contributed by atoms with van der Waals surface area (Å²) < 4.78 is 36.7. The van der Waals surface area contributed by atoms with Crippen LogP contribution in [0.2, 0.25) is 0 Å². The van der Waals surface area contributed by atoms with E-state index in [0.29, 0.717) is 4.90 Å². The zero-order valence-corrected chi connectivity index (χ0v) is 11.4. The quantitative estimate of drug-likeness (QED) is 0.753. The molecule has 0 aliphatic carbocycles. The van der Waals surface area contributed by atoms with Crippen LogP contribution in [0.4, 0.5) is 13.2 Å². The number of carboxylic acids is 1. The minimum absolute atomic E-state index is 0.106. The molecule has 1 fully saturated rings. The summed E-state index contributed by atoms with van der Waals surface area (Å²) in [6, 6.07) is 0. The van der Waals surface area contributed by atoms with Crippen LogP contribution < -0.4 is 5.32 Å². The summed E-state index contributed by atoms with van der Waals surface area (Å²) in [7, 11) is 0. The predicted octanol–water partition coefficient (Wildman–Crippen LogP) is 0.624. The molecule has 0 aromatic rings. The number of halogens is 3. The molecule has 1 rings (SSSR count). The van der Waals surface area contributed by atoms with Crippen LogP contribution in [0.1, 0.15) is 19.8 Å².